The van der Waals surface area contributed by atoms with Gasteiger partial charge in [0.05, 0.1) is 13.2 Å². The Morgan fingerprint density at radius 2 is 1.74 bits per heavy atom. The van der Waals surface area contributed by atoms with Gasteiger partial charge in [-0.3, -0.25) is 9.63 Å². The highest BCUT2D eigenvalue weighted by Gasteiger charge is 2.24. The van der Waals surface area contributed by atoms with Gasteiger partial charge in [0.25, 0.3) is 0 Å². The molecule has 0 fully saturated rings. The third-order valence-electron chi connectivity index (χ3n) is 3.37. The molecule has 0 atom stereocenters. The standard InChI is InChI=1S/C17H29Cl3N2O5/c1-3-4-12-27-22(16(25)26-13-17(18,19)20)11-7-5-6-10-21-15(24)9-8-14(2)23/h3-13H2,1-2H3,(H,21,24). The summed E-state index contributed by atoms with van der Waals surface area (Å²) in [5.74, 6) is -0.139. The number of ether oxygens (including phenoxy) is 1. The number of ketones is 1. The summed E-state index contributed by atoms with van der Waals surface area (Å²) in [6, 6.07) is 0. The van der Waals surface area contributed by atoms with Crippen LogP contribution in [0.5, 0.6) is 0 Å². The number of hydrogen-bond donors (Lipinski definition) is 1. The topological polar surface area (TPSA) is 84.9 Å². The van der Waals surface area contributed by atoms with E-state index in [1.807, 2.05) is 6.92 Å². The Bertz CT molecular complexity index is 458. The molecule has 0 aliphatic heterocycles. The van der Waals surface area contributed by atoms with Gasteiger partial charge in [-0.15, -0.1) is 0 Å². The number of Topliss-reactive ketones (excluding diaryl/α,β-unsaturated/α-hetero) is 1. The Balaban J connectivity index is 4.08. The van der Waals surface area contributed by atoms with Crippen molar-refractivity contribution in [3.63, 3.8) is 0 Å². The summed E-state index contributed by atoms with van der Waals surface area (Å²) in [6.45, 7) is 4.35. The van der Waals surface area contributed by atoms with Crippen LogP contribution in [0, 0.1) is 0 Å². The second kappa shape index (κ2) is 15.2. The molecule has 0 saturated carbocycles. The van der Waals surface area contributed by atoms with E-state index in [9.17, 15) is 14.4 Å². The molecule has 0 saturated heterocycles. The molecule has 0 aromatic heterocycles. The summed E-state index contributed by atoms with van der Waals surface area (Å²) in [4.78, 5) is 39.8. The van der Waals surface area contributed by atoms with Crippen LogP contribution in [0.1, 0.15) is 58.8 Å². The maximum absolute atomic E-state index is 12.0. The molecule has 1 N–H and O–H groups in total. The molecule has 7 nitrogen and oxygen atoms in total. The Kier molecular flexibility index (Phi) is 14.8. The van der Waals surface area contributed by atoms with Crippen LogP contribution in [0.4, 0.5) is 4.79 Å². The van der Waals surface area contributed by atoms with E-state index in [1.54, 1.807) is 0 Å². The fourth-order valence-corrected chi connectivity index (χ4v) is 2.07. The number of amides is 2. The molecule has 0 aliphatic rings. The normalized spacial score (nSPS) is 11.1. The first kappa shape index (κ1) is 26.2. The van der Waals surface area contributed by atoms with Crippen molar-refractivity contribution in [1.29, 1.82) is 0 Å². The SMILES string of the molecule is CCCCON(CCCCCNC(=O)CCC(C)=O)C(=O)OCC(Cl)(Cl)Cl. The maximum Gasteiger partial charge on any atom is 0.434 e. The van der Waals surface area contributed by atoms with Gasteiger partial charge in [0.1, 0.15) is 12.4 Å². The quantitative estimate of drug-likeness (QED) is 0.245. The number of hydroxylamine groups is 2. The van der Waals surface area contributed by atoms with Gasteiger partial charge < -0.3 is 14.8 Å². The molecular weight excluding hydrogens is 419 g/mol. The number of carbonyl (C=O) groups is 3. The van der Waals surface area contributed by atoms with Gasteiger partial charge >= 0.3 is 6.09 Å². The van der Waals surface area contributed by atoms with Crippen LogP contribution in [0.15, 0.2) is 0 Å². The van der Waals surface area contributed by atoms with E-state index in [2.05, 4.69) is 5.32 Å². The summed E-state index contributed by atoms with van der Waals surface area (Å²) in [6.07, 6.45) is 3.69. The van der Waals surface area contributed by atoms with Crippen molar-refractivity contribution >= 4 is 52.6 Å². The zero-order chi connectivity index (χ0) is 20.7. The van der Waals surface area contributed by atoms with E-state index < -0.39 is 9.89 Å². The average molecular weight is 448 g/mol. The lowest BCUT2D eigenvalue weighted by molar-refractivity contribution is -0.137. The summed E-state index contributed by atoms with van der Waals surface area (Å²) in [7, 11) is 0. The molecule has 0 aromatic rings. The van der Waals surface area contributed by atoms with E-state index in [1.165, 1.54) is 6.92 Å². The Morgan fingerprint density at radius 1 is 1.04 bits per heavy atom. The number of hydrogen-bond acceptors (Lipinski definition) is 5. The van der Waals surface area contributed by atoms with E-state index >= 15 is 0 Å². The van der Waals surface area contributed by atoms with Crippen molar-refractivity contribution < 1.29 is 24.0 Å². The summed E-state index contributed by atoms with van der Waals surface area (Å²) in [5.41, 5.74) is 0. The van der Waals surface area contributed by atoms with Crippen molar-refractivity contribution in [2.75, 3.05) is 26.3 Å². The van der Waals surface area contributed by atoms with Crippen molar-refractivity contribution in [1.82, 2.24) is 10.4 Å². The van der Waals surface area contributed by atoms with Crippen LogP contribution in [0.3, 0.4) is 0 Å². The molecule has 0 aromatic carbocycles. The van der Waals surface area contributed by atoms with Crippen molar-refractivity contribution in [2.24, 2.45) is 0 Å². The molecule has 0 aliphatic carbocycles. The molecule has 0 radical (unpaired) electrons. The highest BCUT2D eigenvalue weighted by Crippen LogP contribution is 2.26. The number of halogens is 3. The summed E-state index contributed by atoms with van der Waals surface area (Å²) in [5, 5.41) is 3.89. The molecule has 158 valence electrons. The van der Waals surface area contributed by atoms with E-state index in [-0.39, 0.29) is 31.1 Å². The molecule has 0 unspecified atom stereocenters. The van der Waals surface area contributed by atoms with Crippen LogP contribution >= 0.6 is 34.8 Å². The average Bonchev–Trinajstić information content (AvgIpc) is 2.58. The van der Waals surface area contributed by atoms with Crippen molar-refractivity contribution in [2.45, 2.75) is 62.6 Å². The monoisotopic (exact) mass is 446 g/mol. The number of nitrogens with zero attached hydrogens (tertiary/aromatic N) is 1. The fraction of sp³-hybridized carbons (Fsp3) is 0.824. The Hall–Kier alpha value is -0.760. The predicted octanol–water partition coefficient (Wildman–Crippen LogP) is 4.18. The number of nitrogens with one attached hydrogen (secondary N) is 1. The van der Waals surface area contributed by atoms with Gasteiger partial charge in [0.2, 0.25) is 9.70 Å². The zero-order valence-corrected chi connectivity index (χ0v) is 18.2. The van der Waals surface area contributed by atoms with Gasteiger partial charge in [-0.25, -0.2) is 4.79 Å². The van der Waals surface area contributed by atoms with Crippen LogP contribution in [-0.2, 0) is 19.2 Å². The van der Waals surface area contributed by atoms with Crippen LogP contribution in [0.2, 0.25) is 0 Å². The molecule has 0 rings (SSSR count). The van der Waals surface area contributed by atoms with E-state index in [0.29, 0.717) is 26.1 Å². The second-order valence-electron chi connectivity index (χ2n) is 6.07. The van der Waals surface area contributed by atoms with E-state index in [0.717, 1.165) is 30.7 Å². The van der Waals surface area contributed by atoms with Gasteiger partial charge in [0.15, 0.2) is 0 Å². The summed E-state index contributed by atoms with van der Waals surface area (Å²) < 4.78 is 3.26. The van der Waals surface area contributed by atoms with Crippen molar-refractivity contribution in [3.05, 3.63) is 0 Å². The largest absolute Gasteiger partial charge is 0.443 e. The first-order valence-corrected chi connectivity index (χ1v) is 10.2. The second-order valence-corrected chi connectivity index (χ2v) is 8.59. The molecule has 0 heterocycles. The minimum Gasteiger partial charge on any atom is -0.443 e. The molecule has 10 heteroatoms. The van der Waals surface area contributed by atoms with Gasteiger partial charge in [0, 0.05) is 19.4 Å². The molecule has 2 amide bonds. The summed E-state index contributed by atoms with van der Waals surface area (Å²) >= 11 is 16.7. The fourth-order valence-electron chi connectivity index (χ4n) is 1.91. The van der Waals surface area contributed by atoms with E-state index in [4.69, 9.17) is 44.4 Å². The van der Waals surface area contributed by atoms with Crippen LogP contribution in [-0.4, -0.2) is 52.9 Å². The van der Waals surface area contributed by atoms with Gasteiger partial charge in [-0.2, -0.15) is 5.06 Å². The number of carbonyl (C=O) groups excluding carboxylic acids is 3. The zero-order valence-electron chi connectivity index (χ0n) is 15.9. The predicted molar refractivity (Wildman–Crippen MR) is 106 cm³/mol. The van der Waals surface area contributed by atoms with Crippen LogP contribution < -0.4 is 5.32 Å². The smallest absolute Gasteiger partial charge is 0.434 e. The maximum atomic E-state index is 12.0. The first-order chi connectivity index (χ1) is 12.7. The lowest BCUT2D eigenvalue weighted by Gasteiger charge is -2.22. The molecule has 0 bridgehead atoms. The minimum atomic E-state index is -1.68. The molecule has 0 spiro atoms. The van der Waals surface area contributed by atoms with Crippen molar-refractivity contribution in [3.8, 4) is 0 Å². The third kappa shape index (κ3) is 17.1. The Morgan fingerprint density at radius 3 is 2.33 bits per heavy atom. The number of unbranched alkanes of at least 4 members (excludes halogenated alkanes) is 3. The Labute approximate surface area is 175 Å². The third-order valence-corrected chi connectivity index (χ3v) is 3.70. The minimum absolute atomic E-state index is 0.00468. The van der Waals surface area contributed by atoms with Gasteiger partial charge in [-0.05, 0) is 32.6 Å². The van der Waals surface area contributed by atoms with Crippen LogP contribution in [0.25, 0.3) is 0 Å². The lowest BCUT2D eigenvalue weighted by atomic mass is 10.2. The molecular formula is C17H29Cl3N2O5. The number of alkyl halides is 3. The molecule has 27 heavy (non-hydrogen) atoms. The first-order valence-electron chi connectivity index (χ1n) is 9.05. The highest BCUT2D eigenvalue weighted by molar-refractivity contribution is 6.67. The highest BCUT2D eigenvalue weighted by atomic mass is 35.6. The number of rotatable bonds is 14. The van der Waals surface area contributed by atoms with Gasteiger partial charge in [-0.1, -0.05) is 48.1 Å². The lowest BCUT2D eigenvalue weighted by Crippen LogP contribution is -2.35.